The van der Waals surface area contributed by atoms with Crippen molar-refractivity contribution < 1.29 is 34.2 Å². The Morgan fingerprint density at radius 1 is 1.33 bits per heavy atom. The summed E-state index contributed by atoms with van der Waals surface area (Å²) < 4.78 is 0. The Balaban J connectivity index is 0. The third-order valence-corrected chi connectivity index (χ3v) is 0.691. The molecular formula is C5H8O3Zn. The quantitative estimate of drug-likeness (QED) is 0.643. The average molecular weight is 182 g/mol. The summed E-state index contributed by atoms with van der Waals surface area (Å²) in [6.07, 6.45) is 0.102. The van der Waals surface area contributed by atoms with E-state index in [4.69, 9.17) is 5.11 Å². The van der Waals surface area contributed by atoms with E-state index in [-0.39, 0.29) is 38.1 Å². The number of aliphatic carboxylic acids is 1. The molecule has 0 radical (unpaired) electrons. The predicted octanol–water partition coefficient (Wildman–Crippen LogP) is 0.438. The topological polar surface area (TPSA) is 54.4 Å². The number of Topliss-reactive ketones (excluding diaryl/α,β-unsaturated/α-hetero) is 1. The number of carboxylic acid groups (broad SMARTS) is 1. The van der Waals surface area contributed by atoms with E-state index in [0.717, 1.165) is 0 Å². The molecule has 3 nitrogen and oxygen atoms in total. The standard InChI is InChI=1S/C5H8O3.Zn/c1-4(6)2-3-5(7)8;/h2-3H2,1H3,(H,7,8);. The number of ketones is 1. The van der Waals surface area contributed by atoms with Crippen LogP contribution in [0, 0.1) is 0 Å². The van der Waals surface area contributed by atoms with Gasteiger partial charge in [-0.05, 0) is 6.92 Å². The molecule has 4 heteroatoms. The second kappa shape index (κ2) is 5.89. The number of hydrogen-bond acceptors (Lipinski definition) is 2. The molecule has 0 unspecified atom stereocenters. The molecule has 0 aliphatic heterocycles. The Morgan fingerprint density at radius 2 is 1.78 bits per heavy atom. The van der Waals surface area contributed by atoms with Crippen molar-refractivity contribution in [1.29, 1.82) is 0 Å². The SMILES string of the molecule is CC(=O)CCC(=O)O.[Zn]. The maximum atomic E-state index is 10.1. The van der Waals surface area contributed by atoms with Crippen LogP contribution in [0.2, 0.25) is 0 Å². The Bertz CT molecular complexity index is 96.8. The van der Waals surface area contributed by atoms with Crippen LogP contribution >= 0.6 is 0 Å². The first-order valence-corrected chi connectivity index (χ1v) is 2.34. The molecule has 0 saturated carbocycles. The Kier molecular flexibility index (Phi) is 7.56. The molecule has 1 N–H and O–H groups in total. The van der Waals surface area contributed by atoms with Crippen LogP contribution in [0.15, 0.2) is 0 Å². The predicted molar refractivity (Wildman–Crippen MR) is 27.6 cm³/mol. The summed E-state index contributed by atoms with van der Waals surface area (Å²) in [5, 5.41) is 8.01. The van der Waals surface area contributed by atoms with Gasteiger partial charge in [-0.3, -0.25) is 4.79 Å². The normalized spacial score (nSPS) is 7.67. The number of hydrogen-bond donors (Lipinski definition) is 1. The number of carbonyl (C=O) groups excluding carboxylic acids is 1. The van der Waals surface area contributed by atoms with Crippen LogP contribution in [0.3, 0.4) is 0 Å². The van der Waals surface area contributed by atoms with E-state index in [0.29, 0.717) is 0 Å². The minimum Gasteiger partial charge on any atom is -0.481 e. The van der Waals surface area contributed by atoms with Crippen molar-refractivity contribution in [3.8, 4) is 0 Å². The van der Waals surface area contributed by atoms with E-state index in [1.165, 1.54) is 6.92 Å². The van der Waals surface area contributed by atoms with Crippen LogP contribution in [0.5, 0.6) is 0 Å². The molecular weight excluding hydrogens is 173 g/mol. The first-order chi connectivity index (χ1) is 3.63. The van der Waals surface area contributed by atoms with Gasteiger partial charge in [0.25, 0.3) is 0 Å². The fraction of sp³-hybridized carbons (Fsp3) is 0.600. The molecule has 0 bridgehead atoms. The van der Waals surface area contributed by atoms with Crippen LogP contribution in [-0.4, -0.2) is 16.9 Å². The van der Waals surface area contributed by atoms with Gasteiger partial charge < -0.3 is 9.90 Å². The molecule has 0 saturated heterocycles. The summed E-state index contributed by atoms with van der Waals surface area (Å²) >= 11 is 0. The molecule has 0 atom stereocenters. The van der Waals surface area contributed by atoms with Crippen LogP contribution < -0.4 is 0 Å². The van der Waals surface area contributed by atoms with Gasteiger partial charge in [0, 0.05) is 25.9 Å². The summed E-state index contributed by atoms with van der Waals surface area (Å²) in [6.45, 7) is 1.38. The summed E-state index contributed by atoms with van der Waals surface area (Å²) in [5.41, 5.74) is 0. The fourth-order valence-corrected chi connectivity index (χ4v) is 0.283. The maximum absolute atomic E-state index is 10.1. The van der Waals surface area contributed by atoms with Crippen LogP contribution in [0.1, 0.15) is 19.8 Å². The van der Waals surface area contributed by atoms with Crippen molar-refractivity contribution in [3.63, 3.8) is 0 Å². The van der Waals surface area contributed by atoms with Crippen molar-refractivity contribution >= 4 is 11.8 Å². The maximum Gasteiger partial charge on any atom is 0.303 e. The molecule has 0 rings (SSSR count). The minimum atomic E-state index is -0.916. The summed E-state index contributed by atoms with van der Waals surface area (Å²) in [7, 11) is 0. The largest absolute Gasteiger partial charge is 0.481 e. The van der Waals surface area contributed by atoms with Crippen molar-refractivity contribution in [2.24, 2.45) is 0 Å². The van der Waals surface area contributed by atoms with Gasteiger partial charge in [-0.2, -0.15) is 0 Å². The van der Waals surface area contributed by atoms with Crippen molar-refractivity contribution in [3.05, 3.63) is 0 Å². The van der Waals surface area contributed by atoms with Crippen LogP contribution in [-0.2, 0) is 29.1 Å². The zero-order valence-electron chi connectivity index (χ0n) is 5.39. The molecule has 0 heterocycles. The third-order valence-electron chi connectivity index (χ3n) is 0.691. The van der Waals surface area contributed by atoms with E-state index in [2.05, 4.69) is 0 Å². The van der Waals surface area contributed by atoms with E-state index >= 15 is 0 Å². The minimum absolute atomic E-state index is 0. The molecule has 0 aromatic heterocycles. The Morgan fingerprint density at radius 3 is 1.89 bits per heavy atom. The second-order valence-corrected chi connectivity index (χ2v) is 1.60. The van der Waals surface area contributed by atoms with Crippen molar-refractivity contribution in [1.82, 2.24) is 0 Å². The third kappa shape index (κ3) is 11.4. The van der Waals surface area contributed by atoms with E-state index in [9.17, 15) is 9.59 Å². The summed E-state index contributed by atoms with van der Waals surface area (Å²) in [6, 6.07) is 0. The number of carboxylic acids is 1. The van der Waals surface area contributed by atoms with E-state index < -0.39 is 5.97 Å². The Hall–Kier alpha value is -0.237. The average Bonchev–Trinajstić information content (AvgIpc) is 1.61. The smallest absolute Gasteiger partial charge is 0.303 e. The summed E-state index contributed by atoms with van der Waals surface area (Å²) in [4.78, 5) is 19.8. The van der Waals surface area contributed by atoms with Crippen LogP contribution in [0.25, 0.3) is 0 Å². The van der Waals surface area contributed by atoms with Gasteiger partial charge in [-0.15, -0.1) is 0 Å². The first kappa shape index (κ1) is 11.5. The monoisotopic (exact) mass is 180 g/mol. The molecule has 0 spiro atoms. The van der Waals surface area contributed by atoms with Gasteiger partial charge in [-0.25, -0.2) is 0 Å². The van der Waals surface area contributed by atoms with Gasteiger partial charge in [0.2, 0.25) is 0 Å². The van der Waals surface area contributed by atoms with Gasteiger partial charge >= 0.3 is 5.97 Å². The molecule has 0 aromatic rings. The fourth-order valence-electron chi connectivity index (χ4n) is 0.283. The van der Waals surface area contributed by atoms with Gasteiger partial charge in [-0.1, -0.05) is 0 Å². The zero-order chi connectivity index (χ0) is 6.57. The van der Waals surface area contributed by atoms with Gasteiger partial charge in [0.15, 0.2) is 0 Å². The van der Waals surface area contributed by atoms with Crippen LogP contribution in [0.4, 0.5) is 0 Å². The van der Waals surface area contributed by atoms with Crippen molar-refractivity contribution in [2.75, 3.05) is 0 Å². The Labute approximate surface area is 66.2 Å². The van der Waals surface area contributed by atoms with E-state index in [1.807, 2.05) is 0 Å². The number of carbonyl (C=O) groups is 2. The molecule has 0 amide bonds. The van der Waals surface area contributed by atoms with E-state index in [1.54, 1.807) is 0 Å². The second-order valence-electron chi connectivity index (χ2n) is 1.60. The molecule has 9 heavy (non-hydrogen) atoms. The molecule has 0 fully saturated rings. The number of rotatable bonds is 3. The zero-order valence-corrected chi connectivity index (χ0v) is 8.35. The first-order valence-electron chi connectivity index (χ1n) is 2.34. The molecule has 48 valence electrons. The molecule has 0 aliphatic carbocycles. The van der Waals surface area contributed by atoms with Gasteiger partial charge in [0.05, 0.1) is 6.42 Å². The van der Waals surface area contributed by atoms with Crippen molar-refractivity contribution in [2.45, 2.75) is 19.8 Å². The molecule has 0 aliphatic rings. The summed E-state index contributed by atoms with van der Waals surface area (Å²) in [5.74, 6) is -0.993. The molecule has 0 aromatic carbocycles. The van der Waals surface area contributed by atoms with Gasteiger partial charge in [0.1, 0.15) is 5.78 Å².